The number of halogens is 3. The summed E-state index contributed by atoms with van der Waals surface area (Å²) in [4.78, 5) is 24.6. The van der Waals surface area contributed by atoms with E-state index in [1.165, 1.54) is 13.8 Å². The fraction of sp³-hybridized carbons (Fsp3) is 0.429. The first-order valence-electron chi connectivity index (χ1n) is 12.3. The normalized spacial score (nSPS) is 20.1. The first-order valence-corrected chi connectivity index (χ1v) is 12.3. The maximum absolute atomic E-state index is 15.4. The minimum Gasteiger partial charge on any atom is -0.484 e. The molecule has 2 aromatic carbocycles. The Kier molecular flexibility index (Phi) is 7.64. The molecule has 0 aromatic heterocycles. The molecule has 1 aliphatic heterocycles. The van der Waals surface area contributed by atoms with Gasteiger partial charge in [-0.1, -0.05) is 6.07 Å². The molecule has 198 valence electrons. The number of benzene rings is 2. The van der Waals surface area contributed by atoms with Crippen LogP contribution in [0.5, 0.6) is 5.75 Å². The summed E-state index contributed by atoms with van der Waals surface area (Å²) in [6.45, 7) is 4.52. The molecular formula is C28H31F3N2O4. The van der Waals surface area contributed by atoms with Gasteiger partial charge in [0, 0.05) is 30.3 Å². The number of carboxylic acid groups (broad SMARTS) is 1. The van der Waals surface area contributed by atoms with Crippen molar-refractivity contribution >= 4 is 18.0 Å². The molecule has 0 saturated heterocycles. The van der Waals surface area contributed by atoms with Crippen LogP contribution in [-0.2, 0) is 16.0 Å². The third-order valence-electron chi connectivity index (χ3n) is 6.49. The molecule has 9 heteroatoms. The second kappa shape index (κ2) is 10.6. The maximum atomic E-state index is 15.4. The summed E-state index contributed by atoms with van der Waals surface area (Å²) in [5.41, 5.74) is -0.389. The van der Waals surface area contributed by atoms with Crippen LogP contribution < -0.4 is 10.1 Å². The van der Waals surface area contributed by atoms with Crippen LogP contribution in [0.2, 0.25) is 0 Å². The molecule has 2 atom stereocenters. The number of carboxylic acids is 1. The third-order valence-corrected chi connectivity index (χ3v) is 6.49. The number of carbonyl (C=O) groups is 2. The topological polar surface area (TPSA) is 78.9 Å². The van der Waals surface area contributed by atoms with Crippen molar-refractivity contribution in [3.8, 4) is 5.75 Å². The van der Waals surface area contributed by atoms with Gasteiger partial charge in [-0.2, -0.15) is 0 Å². The van der Waals surface area contributed by atoms with E-state index in [-0.39, 0.29) is 42.3 Å². The molecule has 1 fully saturated rings. The fourth-order valence-electron chi connectivity index (χ4n) is 4.76. The number of alkyl halides is 1. The van der Waals surface area contributed by atoms with Crippen molar-refractivity contribution in [2.75, 3.05) is 13.2 Å². The monoisotopic (exact) mass is 516 g/mol. The molecule has 4 rings (SSSR count). The zero-order chi connectivity index (χ0) is 26.9. The van der Waals surface area contributed by atoms with Crippen molar-refractivity contribution in [1.29, 1.82) is 0 Å². The van der Waals surface area contributed by atoms with E-state index in [1.54, 1.807) is 23.1 Å². The van der Waals surface area contributed by atoms with E-state index in [2.05, 4.69) is 5.32 Å². The van der Waals surface area contributed by atoms with E-state index in [9.17, 15) is 14.0 Å². The SMILES string of the molecule is CC1Cc2cc(OCC(=O)NC3CC3)ccc2C(c2c(F)cc(/C=C/C(=O)O)cc2F)N1CC(C)(C)F. The summed E-state index contributed by atoms with van der Waals surface area (Å²) >= 11 is 0. The lowest BCUT2D eigenvalue weighted by Gasteiger charge is -2.44. The Hall–Kier alpha value is -3.33. The van der Waals surface area contributed by atoms with Crippen LogP contribution in [0.1, 0.15) is 61.9 Å². The molecule has 2 N–H and O–H groups in total. The molecule has 1 aliphatic carbocycles. The Balaban J connectivity index is 1.70. The van der Waals surface area contributed by atoms with E-state index < -0.39 is 29.3 Å². The average Bonchev–Trinajstić information content (AvgIpc) is 3.60. The lowest BCUT2D eigenvalue weighted by atomic mass is 9.83. The molecule has 0 bridgehead atoms. The summed E-state index contributed by atoms with van der Waals surface area (Å²) in [5.74, 6) is -2.68. The van der Waals surface area contributed by atoms with Crippen molar-refractivity contribution in [2.45, 2.75) is 63.8 Å². The first-order chi connectivity index (χ1) is 17.4. The van der Waals surface area contributed by atoms with Gasteiger partial charge in [-0.15, -0.1) is 0 Å². The molecule has 1 heterocycles. The van der Waals surface area contributed by atoms with Gasteiger partial charge in [0.1, 0.15) is 23.1 Å². The van der Waals surface area contributed by atoms with Crippen LogP contribution in [0.4, 0.5) is 13.2 Å². The van der Waals surface area contributed by atoms with Gasteiger partial charge in [-0.25, -0.2) is 18.0 Å². The van der Waals surface area contributed by atoms with Gasteiger partial charge in [-0.05, 0) is 87.1 Å². The van der Waals surface area contributed by atoms with Crippen molar-refractivity contribution in [2.24, 2.45) is 0 Å². The number of hydrogen-bond donors (Lipinski definition) is 2. The highest BCUT2D eigenvalue weighted by molar-refractivity contribution is 5.85. The number of rotatable bonds is 9. The van der Waals surface area contributed by atoms with Crippen molar-refractivity contribution in [3.63, 3.8) is 0 Å². The molecule has 2 unspecified atom stereocenters. The Bertz CT molecular complexity index is 1200. The number of carbonyl (C=O) groups excluding carboxylic acids is 1. The van der Waals surface area contributed by atoms with Crippen LogP contribution in [0.3, 0.4) is 0 Å². The second-order valence-electron chi connectivity index (χ2n) is 10.4. The van der Waals surface area contributed by atoms with Gasteiger partial charge in [0.15, 0.2) is 6.61 Å². The van der Waals surface area contributed by atoms with Crippen LogP contribution >= 0.6 is 0 Å². The molecule has 0 spiro atoms. The van der Waals surface area contributed by atoms with E-state index >= 15 is 8.78 Å². The van der Waals surface area contributed by atoms with E-state index in [4.69, 9.17) is 9.84 Å². The lowest BCUT2D eigenvalue weighted by Crippen LogP contribution is -2.48. The minimum atomic E-state index is -1.63. The van der Waals surface area contributed by atoms with Gasteiger partial charge in [0.05, 0.1) is 6.04 Å². The largest absolute Gasteiger partial charge is 0.484 e. The van der Waals surface area contributed by atoms with Crippen LogP contribution in [0, 0.1) is 11.6 Å². The third kappa shape index (κ3) is 6.71. The average molecular weight is 517 g/mol. The molecular weight excluding hydrogens is 485 g/mol. The number of amides is 1. The van der Waals surface area contributed by atoms with E-state index in [1.807, 2.05) is 6.92 Å². The Morgan fingerprint density at radius 2 is 1.86 bits per heavy atom. The molecule has 0 radical (unpaired) electrons. The molecule has 1 amide bonds. The summed E-state index contributed by atoms with van der Waals surface area (Å²) in [7, 11) is 0. The summed E-state index contributed by atoms with van der Waals surface area (Å²) in [6, 6.07) is 6.31. The van der Waals surface area contributed by atoms with Gasteiger partial charge in [0.25, 0.3) is 5.91 Å². The molecule has 37 heavy (non-hydrogen) atoms. The summed E-state index contributed by atoms with van der Waals surface area (Å²) < 4.78 is 51.4. The zero-order valence-electron chi connectivity index (χ0n) is 21.1. The quantitative estimate of drug-likeness (QED) is 0.468. The highest BCUT2D eigenvalue weighted by Crippen LogP contribution is 2.42. The Labute approximate surface area is 214 Å². The van der Waals surface area contributed by atoms with Crippen molar-refractivity contribution in [1.82, 2.24) is 10.2 Å². The number of nitrogens with one attached hydrogen (secondary N) is 1. The minimum absolute atomic E-state index is 0.0581. The molecule has 2 aromatic rings. The maximum Gasteiger partial charge on any atom is 0.328 e. The van der Waals surface area contributed by atoms with Gasteiger partial charge < -0.3 is 15.2 Å². The number of hydrogen-bond acceptors (Lipinski definition) is 4. The fourth-order valence-corrected chi connectivity index (χ4v) is 4.76. The van der Waals surface area contributed by atoms with Crippen LogP contribution in [0.15, 0.2) is 36.4 Å². The van der Waals surface area contributed by atoms with Gasteiger partial charge in [-0.3, -0.25) is 9.69 Å². The number of ether oxygens (including phenoxy) is 1. The van der Waals surface area contributed by atoms with E-state index in [0.29, 0.717) is 17.7 Å². The van der Waals surface area contributed by atoms with Crippen LogP contribution in [0.25, 0.3) is 6.08 Å². The van der Waals surface area contributed by atoms with Crippen molar-refractivity contribution in [3.05, 3.63) is 70.3 Å². The number of aliphatic carboxylic acids is 1. The van der Waals surface area contributed by atoms with Gasteiger partial charge >= 0.3 is 5.97 Å². The van der Waals surface area contributed by atoms with E-state index in [0.717, 1.165) is 42.7 Å². The summed E-state index contributed by atoms with van der Waals surface area (Å²) in [6.07, 6.45) is 4.35. The van der Waals surface area contributed by atoms with Gasteiger partial charge in [0.2, 0.25) is 0 Å². The van der Waals surface area contributed by atoms with Crippen molar-refractivity contribution < 1.29 is 32.6 Å². The molecule has 1 saturated carbocycles. The first kappa shape index (κ1) is 26.7. The zero-order valence-corrected chi connectivity index (χ0v) is 21.1. The predicted octanol–water partition coefficient (Wildman–Crippen LogP) is 4.80. The van der Waals surface area contributed by atoms with Crippen LogP contribution in [-0.4, -0.2) is 52.8 Å². The highest BCUT2D eigenvalue weighted by atomic mass is 19.1. The lowest BCUT2D eigenvalue weighted by molar-refractivity contribution is -0.131. The molecule has 6 nitrogen and oxygen atoms in total. The highest BCUT2D eigenvalue weighted by Gasteiger charge is 2.39. The standard InChI is InChI=1S/C28H31F3N2O4/c1-16-10-18-13-20(37-14-24(34)32-19-5-6-19)7-8-21(18)27(33(16)15-28(2,3)31)26-22(29)11-17(12-23(26)30)4-9-25(35)36/h4,7-9,11-13,16,19,27H,5-6,10,14-15H2,1-3H3,(H,32,34)(H,35,36)/b9-4+. The predicted molar refractivity (Wildman–Crippen MR) is 133 cm³/mol. The Morgan fingerprint density at radius 1 is 1.19 bits per heavy atom. The number of fused-ring (bicyclic) bond motifs is 1. The second-order valence-corrected chi connectivity index (χ2v) is 10.4. The Morgan fingerprint density at radius 3 is 2.46 bits per heavy atom. The number of nitrogens with zero attached hydrogens (tertiary/aromatic N) is 1. The molecule has 2 aliphatic rings. The smallest absolute Gasteiger partial charge is 0.328 e. The summed E-state index contributed by atoms with van der Waals surface area (Å²) in [5, 5.41) is 11.7.